The molecule has 1 N–H and O–H groups in total. The van der Waals surface area contributed by atoms with Crippen molar-refractivity contribution in [3.8, 4) is 0 Å². The molecule has 174 valence electrons. The molecule has 0 aromatic heterocycles. The molecule has 3 rings (SSSR count). The van der Waals surface area contributed by atoms with Gasteiger partial charge in [0.25, 0.3) is 0 Å². The maximum Gasteiger partial charge on any atom is 0.243 e. The lowest BCUT2D eigenvalue weighted by atomic mass is 9.97. The molecule has 2 aliphatic rings. The SMILES string of the molecule is CC(C)c1ccc(S(=O)(=O)N2CCC(C(=O)NCCCCN3CCOCC3)CC2)cc1. The number of nitrogens with one attached hydrogen (secondary N) is 1. The van der Waals surface area contributed by atoms with Gasteiger partial charge in [0.15, 0.2) is 0 Å². The Morgan fingerprint density at radius 1 is 1.06 bits per heavy atom. The second-order valence-electron chi connectivity index (χ2n) is 8.85. The van der Waals surface area contributed by atoms with E-state index in [2.05, 4.69) is 24.1 Å². The minimum atomic E-state index is -3.50. The number of rotatable bonds is 9. The van der Waals surface area contributed by atoms with E-state index in [-0.39, 0.29) is 11.8 Å². The van der Waals surface area contributed by atoms with E-state index < -0.39 is 10.0 Å². The molecular weight excluding hydrogens is 414 g/mol. The lowest BCUT2D eigenvalue weighted by Gasteiger charge is -2.30. The molecule has 7 nitrogen and oxygen atoms in total. The third-order valence-electron chi connectivity index (χ3n) is 6.31. The Bertz CT molecular complexity index is 797. The van der Waals surface area contributed by atoms with Crippen LogP contribution in [0, 0.1) is 5.92 Å². The Labute approximate surface area is 187 Å². The summed E-state index contributed by atoms with van der Waals surface area (Å²) in [4.78, 5) is 15.2. The quantitative estimate of drug-likeness (QED) is 0.584. The number of carbonyl (C=O) groups excluding carboxylic acids is 1. The smallest absolute Gasteiger partial charge is 0.243 e. The predicted molar refractivity (Wildman–Crippen MR) is 122 cm³/mol. The van der Waals surface area contributed by atoms with Crippen LogP contribution in [0.5, 0.6) is 0 Å². The zero-order chi connectivity index (χ0) is 22.3. The van der Waals surface area contributed by atoms with Crippen LogP contribution in [0.25, 0.3) is 0 Å². The second-order valence-corrected chi connectivity index (χ2v) is 10.8. The predicted octanol–water partition coefficient (Wildman–Crippen LogP) is 2.44. The molecule has 0 radical (unpaired) electrons. The second kappa shape index (κ2) is 11.4. The highest BCUT2D eigenvalue weighted by atomic mass is 32.2. The number of sulfonamides is 1. The van der Waals surface area contributed by atoms with Crippen LogP contribution in [0.4, 0.5) is 0 Å². The summed E-state index contributed by atoms with van der Waals surface area (Å²) < 4.78 is 32.7. The molecule has 2 saturated heterocycles. The Morgan fingerprint density at radius 2 is 1.71 bits per heavy atom. The van der Waals surface area contributed by atoms with Crippen LogP contribution >= 0.6 is 0 Å². The number of hydrogen-bond acceptors (Lipinski definition) is 5. The summed E-state index contributed by atoms with van der Waals surface area (Å²) in [6.45, 7) is 10.3. The molecule has 2 aliphatic heterocycles. The van der Waals surface area contributed by atoms with E-state index in [0.29, 0.717) is 43.3 Å². The average molecular weight is 452 g/mol. The van der Waals surface area contributed by atoms with E-state index in [4.69, 9.17) is 4.74 Å². The van der Waals surface area contributed by atoms with Crippen LogP contribution in [-0.4, -0.2) is 76.0 Å². The first kappa shape index (κ1) is 24.2. The van der Waals surface area contributed by atoms with Gasteiger partial charge in [-0.2, -0.15) is 4.31 Å². The van der Waals surface area contributed by atoms with Gasteiger partial charge in [0.05, 0.1) is 18.1 Å². The van der Waals surface area contributed by atoms with E-state index in [1.807, 2.05) is 12.1 Å². The summed E-state index contributed by atoms with van der Waals surface area (Å²) in [6.07, 6.45) is 3.17. The van der Waals surface area contributed by atoms with Crippen LogP contribution in [0.2, 0.25) is 0 Å². The molecule has 1 aromatic rings. The molecule has 1 amide bonds. The lowest BCUT2D eigenvalue weighted by Crippen LogP contribution is -2.43. The fraction of sp³-hybridized carbons (Fsp3) is 0.696. The number of nitrogens with zero attached hydrogens (tertiary/aromatic N) is 2. The van der Waals surface area contributed by atoms with Crippen LogP contribution in [0.3, 0.4) is 0 Å². The molecule has 0 atom stereocenters. The first-order valence-corrected chi connectivity index (χ1v) is 13.0. The van der Waals surface area contributed by atoms with Gasteiger partial charge in [-0.1, -0.05) is 26.0 Å². The Hall–Kier alpha value is -1.48. The maximum atomic E-state index is 12.9. The van der Waals surface area contributed by atoms with E-state index in [0.717, 1.165) is 51.3 Å². The van der Waals surface area contributed by atoms with Crippen molar-refractivity contribution in [2.75, 3.05) is 52.5 Å². The topological polar surface area (TPSA) is 79.0 Å². The Balaban J connectivity index is 1.38. The van der Waals surface area contributed by atoms with Crippen molar-refractivity contribution in [1.29, 1.82) is 0 Å². The molecule has 0 spiro atoms. The molecule has 0 aliphatic carbocycles. The number of ether oxygens (including phenoxy) is 1. The first-order chi connectivity index (χ1) is 14.9. The summed E-state index contributed by atoms with van der Waals surface area (Å²) in [7, 11) is -3.50. The van der Waals surface area contributed by atoms with Crippen molar-refractivity contribution < 1.29 is 17.9 Å². The molecule has 0 unspecified atom stereocenters. The van der Waals surface area contributed by atoms with Crippen molar-refractivity contribution in [2.45, 2.75) is 50.3 Å². The van der Waals surface area contributed by atoms with Crippen molar-refractivity contribution in [3.05, 3.63) is 29.8 Å². The normalized spacial score (nSPS) is 19.6. The number of morpholine rings is 1. The highest BCUT2D eigenvalue weighted by molar-refractivity contribution is 7.89. The van der Waals surface area contributed by atoms with Gasteiger partial charge in [-0.25, -0.2) is 8.42 Å². The van der Waals surface area contributed by atoms with E-state index in [1.54, 1.807) is 12.1 Å². The summed E-state index contributed by atoms with van der Waals surface area (Å²) in [5, 5.41) is 3.04. The monoisotopic (exact) mass is 451 g/mol. The van der Waals surface area contributed by atoms with Crippen LogP contribution < -0.4 is 5.32 Å². The van der Waals surface area contributed by atoms with Crippen molar-refractivity contribution in [1.82, 2.24) is 14.5 Å². The lowest BCUT2D eigenvalue weighted by molar-refractivity contribution is -0.126. The van der Waals surface area contributed by atoms with Gasteiger partial charge in [0.2, 0.25) is 15.9 Å². The average Bonchev–Trinajstić information content (AvgIpc) is 2.79. The molecule has 0 bridgehead atoms. The van der Waals surface area contributed by atoms with Crippen LogP contribution in [-0.2, 0) is 19.6 Å². The van der Waals surface area contributed by atoms with Crippen molar-refractivity contribution in [2.24, 2.45) is 5.92 Å². The summed E-state index contributed by atoms with van der Waals surface area (Å²) in [6, 6.07) is 7.16. The highest BCUT2D eigenvalue weighted by Crippen LogP contribution is 2.25. The van der Waals surface area contributed by atoms with Crippen molar-refractivity contribution >= 4 is 15.9 Å². The third kappa shape index (κ3) is 6.75. The summed E-state index contributed by atoms with van der Waals surface area (Å²) in [5.74, 6) is 0.323. The number of piperidine rings is 1. The summed E-state index contributed by atoms with van der Waals surface area (Å²) in [5.41, 5.74) is 1.12. The Kier molecular flexibility index (Phi) is 8.89. The van der Waals surface area contributed by atoms with E-state index in [9.17, 15) is 13.2 Å². The number of amides is 1. The maximum absolute atomic E-state index is 12.9. The minimum absolute atomic E-state index is 0.0599. The van der Waals surface area contributed by atoms with E-state index >= 15 is 0 Å². The molecule has 31 heavy (non-hydrogen) atoms. The van der Waals surface area contributed by atoms with Gasteiger partial charge in [0.1, 0.15) is 0 Å². The zero-order valence-corrected chi connectivity index (χ0v) is 19.7. The summed E-state index contributed by atoms with van der Waals surface area (Å²) >= 11 is 0. The zero-order valence-electron chi connectivity index (χ0n) is 18.9. The largest absolute Gasteiger partial charge is 0.379 e. The van der Waals surface area contributed by atoms with Crippen LogP contribution in [0.1, 0.15) is 51.0 Å². The fourth-order valence-electron chi connectivity index (χ4n) is 4.17. The fourth-order valence-corrected chi connectivity index (χ4v) is 5.64. The molecule has 2 fully saturated rings. The number of carbonyl (C=O) groups is 1. The first-order valence-electron chi connectivity index (χ1n) is 11.6. The minimum Gasteiger partial charge on any atom is -0.379 e. The van der Waals surface area contributed by atoms with Gasteiger partial charge in [-0.3, -0.25) is 9.69 Å². The molecule has 1 aromatic carbocycles. The number of hydrogen-bond donors (Lipinski definition) is 1. The molecule has 0 saturated carbocycles. The Morgan fingerprint density at radius 3 is 2.32 bits per heavy atom. The standard InChI is InChI=1S/C23H37N3O4S/c1-19(2)20-5-7-22(8-6-20)31(28,29)26-13-9-21(10-14-26)23(27)24-11-3-4-12-25-15-17-30-18-16-25/h5-8,19,21H,3-4,9-18H2,1-2H3,(H,24,27). The molecular formula is C23H37N3O4S. The highest BCUT2D eigenvalue weighted by Gasteiger charge is 2.32. The number of benzene rings is 1. The molecule has 8 heteroatoms. The van der Waals surface area contributed by atoms with Crippen molar-refractivity contribution in [3.63, 3.8) is 0 Å². The van der Waals surface area contributed by atoms with E-state index in [1.165, 1.54) is 4.31 Å². The van der Waals surface area contributed by atoms with Gasteiger partial charge >= 0.3 is 0 Å². The number of unbranched alkanes of at least 4 members (excludes halogenated alkanes) is 1. The third-order valence-corrected chi connectivity index (χ3v) is 8.23. The van der Waals surface area contributed by atoms with Crippen LogP contribution in [0.15, 0.2) is 29.2 Å². The van der Waals surface area contributed by atoms with Gasteiger partial charge in [-0.15, -0.1) is 0 Å². The molecule has 2 heterocycles. The van der Waals surface area contributed by atoms with Gasteiger partial charge in [-0.05, 0) is 55.8 Å². The van der Waals surface area contributed by atoms with Gasteiger partial charge < -0.3 is 10.1 Å². The van der Waals surface area contributed by atoms with Gasteiger partial charge in [0, 0.05) is 38.6 Å².